The summed E-state index contributed by atoms with van der Waals surface area (Å²) >= 11 is 1.46. The first kappa shape index (κ1) is 26.7. The van der Waals surface area contributed by atoms with Gasteiger partial charge in [0.05, 0.1) is 4.88 Å². The molecule has 0 radical (unpaired) electrons. The number of phenolic OH excluding ortho intramolecular Hbond substituents is 1. The molecule has 0 aliphatic carbocycles. The maximum atomic E-state index is 14.0. The van der Waals surface area contributed by atoms with Gasteiger partial charge in [-0.3, -0.25) is 14.5 Å². The van der Waals surface area contributed by atoms with Gasteiger partial charge in [0.25, 0.3) is 5.91 Å². The molecule has 0 bridgehead atoms. The largest absolute Gasteiger partial charge is 0.508 e. The summed E-state index contributed by atoms with van der Waals surface area (Å²) in [5.41, 5.74) is 2.48. The first-order valence-electron chi connectivity index (χ1n) is 12.4. The monoisotopic (exact) mass is 556 g/mol. The average molecular weight is 557 g/mol. The number of aryl methyl sites for hydroxylation is 1. The van der Waals surface area contributed by atoms with Crippen molar-refractivity contribution in [3.05, 3.63) is 113 Å². The zero-order valence-electron chi connectivity index (χ0n) is 21.4. The number of aromatic hydroxyl groups is 1. The Morgan fingerprint density at radius 3 is 2.48 bits per heavy atom. The third-order valence-corrected chi connectivity index (χ3v) is 7.08. The number of carbonyl (C=O) groups excluding carboxylic acids is 2. The van der Waals surface area contributed by atoms with E-state index in [9.17, 15) is 19.1 Å². The lowest BCUT2D eigenvalue weighted by Crippen LogP contribution is -2.45. The highest BCUT2D eigenvalue weighted by Crippen LogP contribution is 2.32. The number of amides is 2. The van der Waals surface area contributed by atoms with Crippen LogP contribution in [-0.4, -0.2) is 37.1 Å². The normalized spacial score (nSPS) is 11.7. The van der Waals surface area contributed by atoms with Gasteiger partial charge >= 0.3 is 0 Å². The van der Waals surface area contributed by atoms with E-state index >= 15 is 0 Å². The average Bonchev–Trinajstić information content (AvgIpc) is 3.65. The van der Waals surface area contributed by atoms with Crippen LogP contribution >= 0.6 is 11.3 Å². The van der Waals surface area contributed by atoms with Gasteiger partial charge < -0.3 is 10.4 Å². The van der Waals surface area contributed by atoms with Gasteiger partial charge in [0.15, 0.2) is 0 Å². The number of phenols is 1. The van der Waals surface area contributed by atoms with Crippen LogP contribution in [0.3, 0.4) is 0 Å². The maximum Gasteiger partial charge on any atom is 0.251 e. The highest BCUT2D eigenvalue weighted by atomic mass is 32.1. The first-order valence-corrected chi connectivity index (χ1v) is 13.3. The number of anilines is 1. The number of thiophene rings is 1. The zero-order chi connectivity index (χ0) is 28.1. The van der Waals surface area contributed by atoms with Crippen LogP contribution in [0.2, 0.25) is 0 Å². The van der Waals surface area contributed by atoms with E-state index in [1.165, 1.54) is 45.3 Å². The number of halogens is 1. The van der Waals surface area contributed by atoms with Crippen molar-refractivity contribution in [2.45, 2.75) is 26.1 Å². The minimum atomic E-state index is -1.10. The predicted molar refractivity (Wildman–Crippen MR) is 149 cm³/mol. The lowest BCUT2D eigenvalue weighted by atomic mass is 10.0. The van der Waals surface area contributed by atoms with Crippen molar-refractivity contribution < 1.29 is 19.1 Å². The van der Waals surface area contributed by atoms with Crippen LogP contribution in [0.1, 0.15) is 22.7 Å². The summed E-state index contributed by atoms with van der Waals surface area (Å²) in [4.78, 5) is 31.2. The lowest BCUT2D eigenvalue weighted by molar-refractivity contribution is -0.127. The molecule has 2 amide bonds. The molecule has 2 heterocycles. The third kappa shape index (κ3) is 6.05. The van der Waals surface area contributed by atoms with Crippen LogP contribution in [0.15, 0.2) is 90.3 Å². The van der Waals surface area contributed by atoms with E-state index in [0.717, 1.165) is 10.4 Å². The molecular formula is C29H25FN6O3S. The number of para-hydroxylation sites is 1. The molecule has 202 valence electrons. The Kier molecular flexibility index (Phi) is 7.92. The van der Waals surface area contributed by atoms with Gasteiger partial charge in [0.2, 0.25) is 11.7 Å². The van der Waals surface area contributed by atoms with Crippen LogP contribution in [0.25, 0.3) is 10.7 Å². The number of hydrogen-bond acceptors (Lipinski definition) is 7. The Morgan fingerprint density at radius 1 is 1.02 bits per heavy atom. The van der Waals surface area contributed by atoms with Crippen molar-refractivity contribution in [2.75, 3.05) is 4.90 Å². The number of hydrogen-bond donors (Lipinski definition) is 2. The number of nitrogens with zero attached hydrogens (tertiary/aromatic N) is 5. The molecule has 9 nitrogen and oxygen atoms in total. The molecular weight excluding hydrogens is 531 g/mol. The summed E-state index contributed by atoms with van der Waals surface area (Å²) < 4.78 is 13.4. The fraction of sp³-hybridized carbons (Fsp3) is 0.138. The second-order valence-electron chi connectivity index (χ2n) is 9.01. The van der Waals surface area contributed by atoms with Gasteiger partial charge in [-0.1, -0.05) is 48.5 Å². The Bertz CT molecular complexity index is 1600. The zero-order valence-corrected chi connectivity index (χ0v) is 22.3. The van der Waals surface area contributed by atoms with E-state index < -0.39 is 17.9 Å². The molecule has 0 fully saturated rings. The lowest BCUT2D eigenvalue weighted by Gasteiger charge is -2.32. The third-order valence-electron chi connectivity index (χ3n) is 6.21. The molecule has 1 atom stereocenters. The summed E-state index contributed by atoms with van der Waals surface area (Å²) in [6.45, 7) is 1.70. The Balaban J connectivity index is 1.50. The Labute approximate surface area is 233 Å². The molecule has 0 saturated heterocycles. The van der Waals surface area contributed by atoms with E-state index in [-0.39, 0.29) is 24.7 Å². The summed E-state index contributed by atoms with van der Waals surface area (Å²) in [5, 5.41) is 27.1. The summed E-state index contributed by atoms with van der Waals surface area (Å²) in [7, 11) is 0. The van der Waals surface area contributed by atoms with Gasteiger partial charge in [0.1, 0.15) is 24.2 Å². The Morgan fingerprint density at radius 2 is 1.77 bits per heavy atom. The summed E-state index contributed by atoms with van der Waals surface area (Å²) in [6.07, 6.45) is 0. The van der Waals surface area contributed by atoms with E-state index in [4.69, 9.17) is 0 Å². The number of carbonyl (C=O) groups is 2. The molecule has 40 heavy (non-hydrogen) atoms. The highest BCUT2D eigenvalue weighted by Gasteiger charge is 2.34. The molecule has 0 aliphatic heterocycles. The van der Waals surface area contributed by atoms with Crippen molar-refractivity contribution in [3.63, 3.8) is 0 Å². The first-order chi connectivity index (χ1) is 19.4. The van der Waals surface area contributed by atoms with E-state index in [1.807, 2.05) is 36.6 Å². The topological polar surface area (TPSA) is 113 Å². The summed E-state index contributed by atoms with van der Waals surface area (Å²) in [6, 6.07) is 21.8. The van der Waals surface area contributed by atoms with Crippen molar-refractivity contribution in [2.24, 2.45) is 0 Å². The quantitative estimate of drug-likeness (QED) is 0.273. The number of aromatic nitrogens is 4. The molecule has 0 unspecified atom stereocenters. The van der Waals surface area contributed by atoms with E-state index in [0.29, 0.717) is 22.6 Å². The second kappa shape index (κ2) is 11.9. The van der Waals surface area contributed by atoms with Crippen LogP contribution in [0.4, 0.5) is 10.1 Å². The van der Waals surface area contributed by atoms with Crippen LogP contribution < -0.4 is 10.2 Å². The van der Waals surface area contributed by atoms with Crippen molar-refractivity contribution >= 4 is 28.8 Å². The SMILES string of the molecule is Cc1ccccc1N(C(=O)Cn1nnc(-c2cccs2)n1)[C@@H](C(=O)NCc1ccc(F)cc1)c1ccc(O)cc1. The van der Waals surface area contributed by atoms with Gasteiger partial charge in [0, 0.05) is 12.2 Å². The van der Waals surface area contributed by atoms with E-state index in [1.54, 1.807) is 36.4 Å². The number of rotatable bonds is 9. The Hall–Kier alpha value is -4.90. The second-order valence-corrected chi connectivity index (χ2v) is 9.96. The number of tetrazole rings is 1. The minimum Gasteiger partial charge on any atom is -0.508 e. The molecule has 2 N–H and O–H groups in total. The van der Waals surface area contributed by atoms with Gasteiger partial charge in [-0.05, 0) is 70.6 Å². The van der Waals surface area contributed by atoms with Crippen LogP contribution in [0.5, 0.6) is 5.75 Å². The molecule has 0 saturated carbocycles. The van der Waals surface area contributed by atoms with Crippen molar-refractivity contribution in [1.29, 1.82) is 0 Å². The van der Waals surface area contributed by atoms with Crippen molar-refractivity contribution in [3.8, 4) is 16.5 Å². The molecule has 11 heteroatoms. The highest BCUT2D eigenvalue weighted by molar-refractivity contribution is 7.13. The fourth-order valence-electron chi connectivity index (χ4n) is 4.23. The maximum absolute atomic E-state index is 14.0. The molecule has 3 aromatic carbocycles. The van der Waals surface area contributed by atoms with Gasteiger partial charge in [-0.2, -0.15) is 4.80 Å². The van der Waals surface area contributed by atoms with E-state index in [2.05, 4.69) is 20.7 Å². The fourth-order valence-corrected chi connectivity index (χ4v) is 4.87. The smallest absolute Gasteiger partial charge is 0.251 e. The van der Waals surface area contributed by atoms with Crippen LogP contribution in [0, 0.1) is 12.7 Å². The molecule has 5 rings (SSSR count). The van der Waals surface area contributed by atoms with Crippen molar-refractivity contribution in [1.82, 2.24) is 25.5 Å². The molecule has 0 aliphatic rings. The molecule has 2 aromatic heterocycles. The molecule has 5 aromatic rings. The number of nitrogens with one attached hydrogen (secondary N) is 1. The standard InChI is InChI=1S/C29H25FN6O3S/c1-19-5-2-3-6-24(19)36(26(38)18-35-33-28(32-34-35)25-7-4-16-40-25)27(21-10-14-23(37)15-11-21)29(39)31-17-20-8-12-22(30)13-9-20/h2-16,27,37H,17-18H2,1H3,(H,31,39)/t27-/m1/s1. The van der Waals surface area contributed by atoms with Gasteiger partial charge in [-0.15, -0.1) is 21.5 Å². The van der Waals surface area contributed by atoms with Gasteiger partial charge in [-0.25, -0.2) is 4.39 Å². The number of benzene rings is 3. The predicted octanol–water partition coefficient (Wildman–Crippen LogP) is 4.65. The van der Waals surface area contributed by atoms with Crippen LogP contribution in [-0.2, 0) is 22.7 Å². The molecule has 0 spiro atoms. The minimum absolute atomic E-state index is 0.0240. The summed E-state index contributed by atoms with van der Waals surface area (Å²) in [5.74, 6) is -0.859.